The number of hydrogen-bond donors (Lipinski definition) is 1. The fourth-order valence-corrected chi connectivity index (χ4v) is 2.63. The molecule has 2 heteroatoms. The van der Waals surface area contributed by atoms with Gasteiger partial charge in [0.2, 0.25) is 0 Å². The second-order valence-corrected chi connectivity index (χ2v) is 4.84. The maximum Gasteiger partial charge on any atom is 0.313 e. The maximum atomic E-state index is 3.96. The standard InChI is InChI=1S/C18H16BN/c1-3-14-9-5-7-11-16(14)17-13-15-10-6-8-12-18(15)20-19(17)4-2/h3-13,20H,1-2H2. The molecule has 0 aliphatic carbocycles. The Morgan fingerprint density at radius 1 is 0.950 bits per heavy atom. The smallest absolute Gasteiger partial charge is 0.313 e. The van der Waals surface area contributed by atoms with Gasteiger partial charge in [0.15, 0.2) is 0 Å². The first-order valence-electron chi connectivity index (χ1n) is 6.75. The van der Waals surface area contributed by atoms with Crippen molar-refractivity contribution in [3.05, 3.63) is 84.4 Å². The average molecular weight is 257 g/mol. The number of para-hydroxylation sites is 1. The maximum absolute atomic E-state index is 3.96. The van der Waals surface area contributed by atoms with E-state index in [1.54, 1.807) is 0 Å². The van der Waals surface area contributed by atoms with Crippen LogP contribution < -0.4 is 5.23 Å². The summed E-state index contributed by atoms with van der Waals surface area (Å²) in [5.41, 5.74) is 5.94. The Hall–Kier alpha value is -2.48. The van der Waals surface area contributed by atoms with Crippen molar-refractivity contribution >= 4 is 30.2 Å². The van der Waals surface area contributed by atoms with Gasteiger partial charge in [-0.15, -0.1) is 6.58 Å². The first kappa shape index (κ1) is 12.6. The minimum absolute atomic E-state index is 0.117. The van der Waals surface area contributed by atoms with Gasteiger partial charge < -0.3 is 5.23 Å². The second kappa shape index (κ2) is 5.26. The molecule has 0 radical (unpaired) electrons. The van der Waals surface area contributed by atoms with E-state index in [4.69, 9.17) is 0 Å². The van der Waals surface area contributed by atoms with Crippen LogP contribution in [-0.2, 0) is 0 Å². The molecule has 20 heavy (non-hydrogen) atoms. The zero-order valence-electron chi connectivity index (χ0n) is 11.3. The molecule has 0 spiro atoms. The summed E-state index contributed by atoms with van der Waals surface area (Å²) in [6.07, 6.45) is 4.14. The fourth-order valence-electron chi connectivity index (χ4n) is 2.63. The summed E-state index contributed by atoms with van der Waals surface area (Å²) < 4.78 is 0. The zero-order chi connectivity index (χ0) is 13.9. The van der Waals surface area contributed by atoms with Crippen LogP contribution in [0, 0.1) is 0 Å². The van der Waals surface area contributed by atoms with E-state index in [0.29, 0.717) is 0 Å². The molecule has 0 fully saturated rings. The van der Waals surface area contributed by atoms with Crippen LogP contribution in [0.1, 0.15) is 16.7 Å². The second-order valence-electron chi connectivity index (χ2n) is 4.84. The minimum Gasteiger partial charge on any atom is -0.420 e. The van der Waals surface area contributed by atoms with Crippen LogP contribution in [0.4, 0.5) is 5.69 Å². The molecular formula is C18H16BN. The van der Waals surface area contributed by atoms with Gasteiger partial charge in [0.1, 0.15) is 0 Å². The van der Waals surface area contributed by atoms with Crippen LogP contribution in [-0.4, -0.2) is 6.85 Å². The van der Waals surface area contributed by atoms with Gasteiger partial charge in [0.05, 0.1) is 0 Å². The fraction of sp³-hybridized carbons (Fsp3) is 0. The van der Waals surface area contributed by atoms with Crippen LogP contribution >= 0.6 is 0 Å². The van der Waals surface area contributed by atoms with Crippen molar-refractivity contribution in [3.8, 4) is 0 Å². The van der Waals surface area contributed by atoms with Gasteiger partial charge in [-0.05, 0) is 28.2 Å². The first-order valence-corrected chi connectivity index (χ1v) is 6.75. The van der Waals surface area contributed by atoms with Gasteiger partial charge in [-0.3, -0.25) is 0 Å². The molecule has 96 valence electrons. The zero-order valence-corrected chi connectivity index (χ0v) is 11.3. The van der Waals surface area contributed by atoms with Gasteiger partial charge in [0, 0.05) is 5.69 Å². The SMILES string of the molecule is C=CB1Nc2ccccc2C=C1c1ccccc1C=C. The predicted molar refractivity (Wildman–Crippen MR) is 90.4 cm³/mol. The lowest BCUT2D eigenvalue weighted by atomic mass is 9.51. The largest absolute Gasteiger partial charge is 0.420 e. The van der Waals surface area contributed by atoms with Crippen LogP contribution in [0.5, 0.6) is 0 Å². The van der Waals surface area contributed by atoms with Crippen LogP contribution in [0.3, 0.4) is 0 Å². The van der Waals surface area contributed by atoms with E-state index in [0.717, 1.165) is 11.3 Å². The molecule has 0 atom stereocenters. The lowest BCUT2D eigenvalue weighted by Gasteiger charge is -2.24. The third-order valence-corrected chi connectivity index (χ3v) is 3.65. The Kier molecular flexibility index (Phi) is 3.30. The Balaban J connectivity index is 2.18. The van der Waals surface area contributed by atoms with Gasteiger partial charge in [0.25, 0.3) is 0 Å². The number of benzene rings is 2. The van der Waals surface area contributed by atoms with Crippen molar-refractivity contribution in [2.45, 2.75) is 0 Å². The van der Waals surface area contributed by atoms with Gasteiger partial charge >= 0.3 is 6.85 Å². The molecule has 1 heterocycles. The van der Waals surface area contributed by atoms with Crippen molar-refractivity contribution in [2.75, 3.05) is 5.23 Å². The van der Waals surface area contributed by atoms with Crippen molar-refractivity contribution in [1.29, 1.82) is 0 Å². The monoisotopic (exact) mass is 257 g/mol. The van der Waals surface area contributed by atoms with Gasteiger partial charge in [-0.1, -0.05) is 67.2 Å². The highest BCUT2D eigenvalue weighted by atomic mass is 14.8. The van der Waals surface area contributed by atoms with Gasteiger partial charge in [-0.25, -0.2) is 0 Å². The van der Waals surface area contributed by atoms with Crippen molar-refractivity contribution < 1.29 is 0 Å². The number of nitrogens with one attached hydrogen (secondary N) is 1. The summed E-state index contributed by atoms with van der Waals surface area (Å²) in [5.74, 6) is 1.95. The Labute approximate surface area is 120 Å². The lowest BCUT2D eigenvalue weighted by Crippen LogP contribution is -2.28. The molecule has 2 aromatic carbocycles. The summed E-state index contributed by atoms with van der Waals surface area (Å²) in [4.78, 5) is 0. The van der Waals surface area contributed by atoms with E-state index < -0.39 is 0 Å². The minimum atomic E-state index is 0.117. The highest BCUT2D eigenvalue weighted by molar-refractivity contribution is 6.87. The van der Waals surface area contributed by atoms with E-state index in [1.807, 2.05) is 24.2 Å². The highest BCUT2D eigenvalue weighted by Crippen LogP contribution is 2.32. The topological polar surface area (TPSA) is 12.0 Å². The lowest BCUT2D eigenvalue weighted by molar-refractivity contribution is 1.56. The van der Waals surface area contributed by atoms with Crippen molar-refractivity contribution in [1.82, 2.24) is 0 Å². The molecule has 0 saturated carbocycles. The molecular weight excluding hydrogens is 241 g/mol. The van der Waals surface area contributed by atoms with Crippen LogP contribution in [0.25, 0.3) is 17.6 Å². The summed E-state index contributed by atoms with van der Waals surface area (Å²) >= 11 is 0. The number of hydrogen-bond acceptors (Lipinski definition) is 1. The van der Waals surface area contributed by atoms with E-state index in [9.17, 15) is 0 Å². The Bertz CT molecular complexity index is 700. The summed E-state index contributed by atoms with van der Waals surface area (Å²) in [6.45, 7) is 7.98. The Morgan fingerprint density at radius 3 is 2.50 bits per heavy atom. The number of anilines is 1. The predicted octanol–water partition coefficient (Wildman–Crippen LogP) is 4.55. The molecule has 0 amide bonds. The first-order chi connectivity index (χ1) is 9.83. The molecule has 1 aliphatic heterocycles. The van der Waals surface area contributed by atoms with E-state index in [1.165, 1.54) is 16.6 Å². The molecule has 0 saturated heterocycles. The molecule has 1 aliphatic rings. The van der Waals surface area contributed by atoms with E-state index in [2.05, 4.69) is 60.9 Å². The third-order valence-electron chi connectivity index (χ3n) is 3.65. The van der Waals surface area contributed by atoms with Crippen LogP contribution in [0.2, 0.25) is 0 Å². The summed E-state index contributed by atoms with van der Waals surface area (Å²) in [5, 5.41) is 3.53. The van der Waals surface area contributed by atoms with Crippen molar-refractivity contribution in [2.24, 2.45) is 0 Å². The van der Waals surface area contributed by atoms with Crippen molar-refractivity contribution in [3.63, 3.8) is 0 Å². The van der Waals surface area contributed by atoms with Gasteiger partial charge in [-0.2, -0.15) is 0 Å². The normalized spacial score (nSPS) is 13.0. The summed E-state index contributed by atoms with van der Waals surface area (Å²) in [6, 6.07) is 16.6. The molecule has 0 unspecified atom stereocenters. The van der Waals surface area contributed by atoms with Crippen LogP contribution in [0.15, 0.2) is 67.7 Å². The molecule has 1 N–H and O–H groups in total. The highest BCUT2D eigenvalue weighted by Gasteiger charge is 2.24. The molecule has 0 bridgehead atoms. The number of fused-ring (bicyclic) bond motifs is 1. The molecule has 2 aromatic rings. The Morgan fingerprint density at radius 2 is 1.70 bits per heavy atom. The molecule has 1 nitrogen and oxygen atoms in total. The average Bonchev–Trinajstić information content (AvgIpc) is 2.53. The van der Waals surface area contributed by atoms with E-state index in [-0.39, 0.29) is 6.85 Å². The molecule has 3 rings (SSSR count). The molecule has 0 aromatic heterocycles. The summed E-state index contributed by atoms with van der Waals surface area (Å²) in [7, 11) is 0. The number of rotatable bonds is 3. The third kappa shape index (κ3) is 2.10. The quantitative estimate of drug-likeness (QED) is 0.795. The van der Waals surface area contributed by atoms with E-state index >= 15 is 0 Å².